The number of halogens is 2. The van der Waals surface area contributed by atoms with Crippen LogP contribution in [0.3, 0.4) is 0 Å². The topological polar surface area (TPSA) is 32.3 Å². The molecule has 0 saturated carbocycles. The van der Waals surface area contributed by atoms with Gasteiger partial charge >= 0.3 is 0 Å². The van der Waals surface area contributed by atoms with Crippen molar-refractivity contribution in [1.29, 1.82) is 0 Å². The van der Waals surface area contributed by atoms with Crippen LogP contribution in [0.15, 0.2) is 48.5 Å². The van der Waals surface area contributed by atoms with Crippen LogP contribution in [0.5, 0.6) is 0 Å². The molecule has 1 atom stereocenters. The SMILES string of the molecule is CC(O)(CNc1c(Cl)cccc1Cl)c1ccccc1. The van der Waals surface area contributed by atoms with Crippen molar-refractivity contribution < 1.29 is 5.11 Å². The fraction of sp³-hybridized carbons (Fsp3) is 0.200. The molecule has 0 amide bonds. The van der Waals surface area contributed by atoms with Gasteiger partial charge in [-0.3, -0.25) is 0 Å². The number of aliphatic hydroxyl groups is 1. The zero-order valence-corrected chi connectivity index (χ0v) is 12.0. The van der Waals surface area contributed by atoms with Crippen molar-refractivity contribution >= 4 is 28.9 Å². The molecule has 0 bridgehead atoms. The van der Waals surface area contributed by atoms with E-state index in [4.69, 9.17) is 23.2 Å². The molecule has 0 saturated heterocycles. The fourth-order valence-electron chi connectivity index (χ4n) is 1.83. The van der Waals surface area contributed by atoms with Crippen molar-refractivity contribution in [3.63, 3.8) is 0 Å². The number of benzene rings is 2. The van der Waals surface area contributed by atoms with E-state index in [1.165, 1.54) is 0 Å². The molecule has 2 aromatic rings. The molecule has 4 heteroatoms. The summed E-state index contributed by atoms with van der Waals surface area (Å²) in [6, 6.07) is 14.8. The van der Waals surface area contributed by atoms with Gasteiger partial charge in [0.1, 0.15) is 5.60 Å². The molecule has 0 spiro atoms. The summed E-state index contributed by atoms with van der Waals surface area (Å²) in [4.78, 5) is 0. The summed E-state index contributed by atoms with van der Waals surface area (Å²) in [7, 11) is 0. The molecule has 0 aliphatic carbocycles. The molecule has 2 nitrogen and oxygen atoms in total. The van der Waals surface area contributed by atoms with Crippen molar-refractivity contribution in [2.24, 2.45) is 0 Å². The lowest BCUT2D eigenvalue weighted by molar-refractivity contribution is 0.0715. The van der Waals surface area contributed by atoms with E-state index >= 15 is 0 Å². The first-order valence-electron chi connectivity index (χ1n) is 5.96. The average molecular weight is 296 g/mol. The summed E-state index contributed by atoms with van der Waals surface area (Å²) in [6.07, 6.45) is 0. The quantitative estimate of drug-likeness (QED) is 0.881. The first kappa shape index (κ1) is 14.2. The molecule has 0 aromatic heterocycles. The van der Waals surface area contributed by atoms with Crippen LogP contribution in [-0.2, 0) is 5.60 Å². The Morgan fingerprint density at radius 1 is 1.00 bits per heavy atom. The van der Waals surface area contributed by atoms with Gasteiger partial charge in [0.15, 0.2) is 0 Å². The van der Waals surface area contributed by atoms with Gasteiger partial charge in [-0.15, -0.1) is 0 Å². The van der Waals surface area contributed by atoms with Crippen LogP contribution in [0.2, 0.25) is 10.0 Å². The summed E-state index contributed by atoms with van der Waals surface area (Å²) >= 11 is 12.2. The van der Waals surface area contributed by atoms with Gasteiger partial charge < -0.3 is 10.4 Å². The zero-order chi connectivity index (χ0) is 13.9. The minimum absolute atomic E-state index is 0.320. The first-order valence-corrected chi connectivity index (χ1v) is 6.72. The predicted octanol–water partition coefficient (Wildman–Crippen LogP) is 4.31. The van der Waals surface area contributed by atoms with Crippen LogP contribution in [0, 0.1) is 0 Å². The highest BCUT2D eigenvalue weighted by Crippen LogP contribution is 2.31. The van der Waals surface area contributed by atoms with Crippen molar-refractivity contribution in [2.75, 3.05) is 11.9 Å². The lowest BCUT2D eigenvalue weighted by Gasteiger charge is -2.25. The zero-order valence-electron chi connectivity index (χ0n) is 10.5. The minimum Gasteiger partial charge on any atom is -0.384 e. The van der Waals surface area contributed by atoms with E-state index in [1.54, 1.807) is 25.1 Å². The number of anilines is 1. The third-order valence-corrected chi connectivity index (χ3v) is 3.60. The highest BCUT2D eigenvalue weighted by atomic mass is 35.5. The largest absolute Gasteiger partial charge is 0.384 e. The maximum absolute atomic E-state index is 10.5. The van der Waals surface area contributed by atoms with E-state index in [-0.39, 0.29) is 0 Å². The third-order valence-electron chi connectivity index (χ3n) is 2.97. The molecule has 1 unspecified atom stereocenters. The predicted molar refractivity (Wildman–Crippen MR) is 81.0 cm³/mol. The molecular weight excluding hydrogens is 281 g/mol. The van der Waals surface area contributed by atoms with Crippen molar-refractivity contribution in [2.45, 2.75) is 12.5 Å². The Labute approximate surface area is 123 Å². The Hall–Kier alpha value is -1.22. The van der Waals surface area contributed by atoms with Gasteiger partial charge in [0, 0.05) is 6.54 Å². The first-order chi connectivity index (χ1) is 9.00. The summed E-state index contributed by atoms with van der Waals surface area (Å²) < 4.78 is 0. The van der Waals surface area contributed by atoms with Gasteiger partial charge in [0.05, 0.1) is 15.7 Å². The van der Waals surface area contributed by atoms with Gasteiger partial charge in [-0.25, -0.2) is 0 Å². The number of hydrogen-bond acceptors (Lipinski definition) is 2. The van der Waals surface area contributed by atoms with Gasteiger partial charge in [-0.05, 0) is 24.6 Å². The molecule has 100 valence electrons. The van der Waals surface area contributed by atoms with E-state index in [0.717, 1.165) is 5.56 Å². The standard InChI is InChI=1S/C15H15Cl2NO/c1-15(19,11-6-3-2-4-7-11)10-18-14-12(16)8-5-9-13(14)17/h2-9,18-19H,10H2,1H3. The molecular formula is C15H15Cl2NO. The second-order valence-corrected chi connectivity index (χ2v) is 5.40. The molecule has 0 radical (unpaired) electrons. The normalized spacial score (nSPS) is 13.9. The Morgan fingerprint density at radius 2 is 1.58 bits per heavy atom. The summed E-state index contributed by atoms with van der Waals surface area (Å²) in [5.74, 6) is 0. The number of rotatable bonds is 4. The molecule has 2 rings (SSSR count). The van der Waals surface area contributed by atoms with Crippen LogP contribution < -0.4 is 5.32 Å². The minimum atomic E-state index is -0.996. The van der Waals surface area contributed by atoms with Crippen molar-refractivity contribution in [3.8, 4) is 0 Å². The monoisotopic (exact) mass is 295 g/mol. The molecule has 0 heterocycles. The van der Waals surface area contributed by atoms with Crippen LogP contribution >= 0.6 is 23.2 Å². The van der Waals surface area contributed by atoms with Crippen LogP contribution in [0.4, 0.5) is 5.69 Å². The van der Waals surface area contributed by atoms with Crippen molar-refractivity contribution in [1.82, 2.24) is 0 Å². The molecule has 0 aliphatic heterocycles. The summed E-state index contributed by atoms with van der Waals surface area (Å²) in [6.45, 7) is 2.07. The Balaban J connectivity index is 2.14. The van der Waals surface area contributed by atoms with Crippen LogP contribution in [-0.4, -0.2) is 11.7 Å². The highest BCUT2D eigenvalue weighted by Gasteiger charge is 2.23. The summed E-state index contributed by atoms with van der Waals surface area (Å²) in [5.41, 5.74) is 0.483. The van der Waals surface area contributed by atoms with Crippen LogP contribution in [0.25, 0.3) is 0 Å². The molecule has 19 heavy (non-hydrogen) atoms. The second kappa shape index (κ2) is 5.83. The number of hydrogen-bond donors (Lipinski definition) is 2. The highest BCUT2D eigenvalue weighted by molar-refractivity contribution is 6.39. The van der Waals surface area contributed by atoms with Crippen LogP contribution in [0.1, 0.15) is 12.5 Å². The maximum atomic E-state index is 10.5. The molecule has 2 N–H and O–H groups in total. The van der Waals surface area contributed by atoms with E-state index in [0.29, 0.717) is 22.3 Å². The number of para-hydroxylation sites is 1. The Morgan fingerprint density at radius 3 is 2.16 bits per heavy atom. The lowest BCUT2D eigenvalue weighted by atomic mass is 9.96. The molecule has 0 aliphatic rings. The van der Waals surface area contributed by atoms with Gasteiger partial charge in [-0.1, -0.05) is 59.6 Å². The average Bonchev–Trinajstić information content (AvgIpc) is 2.39. The van der Waals surface area contributed by atoms with E-state index in [1.807, 2.05) is 30.3 Å². The van der Waals surface area contributed by atoms with E-state index < -0.39 is 5.60 Å². The Bertz CT molecular complexity index is 535. The van der Waals surface area contributed by atoms with Gasteiger partial charge in [-0.2, -0.15) is 0 Å². The van der Waals surface area contributed by atoms with E-state index in [9.17, 15) is 5.11 Å². The maximum Gasteiger partial charge on any atom is 0.104 e. The van der Waals surface area contributed by atoms with Gasteiger partial charge in [0.25, 0.3) is 0 Å². The molecule has 2 aromatic carbocycles. The molecule has 0 fully saturated rings. The fourth-order valence-corrected chi connectivity index (χ4v) is 2.36. The second-order valence-electron chi connectivity index (χ2n) is 4.59. The number of nitrogens with one attached hydrogen (secondary N) is 1. The summed E-state index contributed by atoms with van der Waals surface area (Å²) in [5, 5.41) is 14.7. The van der Waals surface area contributed by atoms with Gasteiger partial charge in [0.2, 0.25) is 0 Å². The lowest BCUT2D eigenvalue weighted by Crippen LogP contribution is -2.30. The van der Waals surface area contributed by atoms with E-state index in [2.05, 4.69) is 5.32 Å². The third kappa shape index (κ3) is 3.41. The smallest absolute Gasteiger partial charge is 0.104 e. The van der Waals surface area contributed by atoms with Crippen molar-refractivity contribution in [3.05, 3.63) is 64.1 Å². The Kier molecular flexibility index (Phi) is 4.35.